The van der Waals surface area contributed by atoms with Gasteiger partial charge in [-0.15, -0.1) is 0 Å². The smallest absolute Gasteiger partial charge is 0.216 e. The number of H-pyrrole nitrogens is 1. The molecule has 0 amide bonds. The molecular weight excluding hydrogens is 222 g/mol. The van der Waals surface area contributed by atoms with Crippen LogP contribution in [-0.2, 0) is 6.42 Å². The molecule has 0 fully saturated rings. The van der Waals surface area contributed by atoms with Crippen molar-refractivity contribution in [2.24, 2.45) is 0 Å². The van der Waals surface area contributed by atoms with Crippen LogP contribution in [0.3, 0.4) is 0 Å². The van der Waals surface area contributed by atoms with Gasteiger partial charge < -0.3 is 10.1 Å². The number of hydrogen-bond acceptors (Lipinski definition) is 2. The van der Waals surface area contributed by atoms with E-state index >= 15 is 0 Å². The second-order valence-corrected chi connectivity index (χ2v) is 4.71. The van der Waals surface area contributed by atoms with Crippen molar-refractivity contribution < 1.29 is 5.11 Å². The van der Waals surface area contributed by atoms with E-state index < -0.39 is 9.90 Å². The zero-order valence-corrected chi connectivity index (χ0v) is 8.24. The largest absolute Gasteiger partial charge is 0.388 e. The van der Waals surface area contributed by atoms with Crippen LogP contribution in [0.5, 0.6) is 0 Å². The fourth-order valence-corrected chi connectivity index (χ4v) is 0.952. The van der Waals surface area contributed by atoms with Crippen LogP contribution in [0.15, 0.2) is 12.5 Å². The summed E-state index contributed by atoms with van der Waals surface area (Å²) in [6.07, 6.45) is 2.29. The Morgan fingerprint density at radius 2 is 2.25 bits per heavy atom. The molecule has 1 unspecified atom stereocenters. The molecule has 0 radical (unpaired) electrons. The van der Waals surface area contributed by atoms with Crippen LogP contribution in [-0.4, -0.2) is 25.0 Å². The normalized spacial score (nSPS) is 14.7. The molecule has 6 heteroatoms. The monoisotopic (exact) mass is 228 g/mol. The average Bonchev–Trinajstić information content (AvgIpc) is 2.37. The van der Waals surface area contributed by atoms with Gasteiger partial charge in [-0.05, 0) is 0 Å². The van der Waals surface area contributed by atoms with Crippen LogP contribution in [0.1, 0.15) is 5.69 Å². The molecule has 0 aliphatic rings. The minimum Gasteiger partial charge on any atom is -0.388 e. The van der Waals surface area contributed by atoms with Crippen LogP contribution >= 0.6 is 34.8 Å². The van der Waals surface area contributed by atoms with Crippen molar-refractivity contribution in [3.63, 3.8) is 0 Å². The lowest BCUT2D eigenvalue weighted by Gasteiger charge is -2.17. The Morgan fingerprint density at radius 1 is 1.58 bits per heavy atom. The molecule has 1 heterocycles. The first-order chi connectivity index (χ1) is 5.50. The fraction of sp³-hybridized carbons (Fsp3) is 0.500. The molecule has 68 valence electrons. The molecule has 0 bridgehead atoms. The third-order valence-corrected chi connectivity index (χ3v) is 2.10. The molecule has 1 aromatic rings. The number of rotatable bonds is 2. The van der Waals surface area contributed by atoms with Gasteiger partial charge in [0.25, 0.3) is 0 Å². The van der Waals surface area contributed by atoms with Crippen LogP contribution in [0.4, 0.5) is 0 Å². The molecule has 12 heavy (non-hydrogen) atoms. The summed E-state index contributed by atoms with van der Waals surface area (Å²) < 4.78 is -1.65. The maximum absolute atomic E-state index is 9.31. The van der Waals surface area contributed by atoms with Crippen LogP contribution in [0.25, 0.3) is 0 Å². The van der Waals surface area contributed by atoms with E-state index in [4.69, 9.17) is 34.8 Å². The number of alkyl halides is 3. The summed E-state index contributed by atoms with van der Waals surface area (Å²) in [5.41, 5.74) is 0.730. The van der Waals surface area contributed by atoms with E-state index in [0.29, 0.717) is 0 Å². The van der Waals surface area contributed by atoms with Gasteiger partial charge in [0.2, 0.25) is 3.79 Å². The third-order valence-electron chi connectivity index (χ3n) is 1.35. The highest BCUT2D eigenvalue weighted by Gasteiger charge is 2.30. The lowest BCUT2D eigenvalue weighted by atomic mass is 10.2. The highest BCUT2D eigenvalue weighted by molar-refractivity contribution is 6.68. The zero-order valence-electron chi connectivity index (χ0n) is 5.97. The lowest BCUT2D eigenvalue weighted by Crippen LogP contribution is -2.27. The Morgan fingerprint density at radius 3 is 2.67 bits per heavy atom. The van der Waals surface area contributed by atoms with E-state index in [9.17, 15) is 5.11 Å². The second kappa shape index (κ2) is 3.83. The highest BCUT2D eigenvalue weighted by atomic mass is 35.6. The first kappa shape index (κ1) is 10.1. The number of aliphatic hydroxyl groups is 1. The van der Waals surface area contributed by atoms with Crippen molar-refractivity contribution in [3.05, 3.63) is 18.2 Å². The summed E-state index contributed by atoms with van der Waals surface area (Å²) in [5.74, 6) is 0. The van der Waals surface area contributed by atoms with Gasteiger partial charge in [0.1, 0.15) is 6.10 Å². The predicted molar refractivity (Wildman–Crippen MR) is 48.6 cm³/mol. The molecule has 0 aliphatic heterocycles. The molecule has 1 aromatic heterocycles. The Bertz CT molecular complexity index is 231. The van der Waals surface area contributed by atoms with E-state index in [1.807, 2.05) is 0 Å². The predicted octanol–water partition coefficient (Wildman–Crippen LogP) is 1.68. The Balaban J connectivity index is 2.53. The maximum Gasteiger partial charge on any atom is 0.216 e. The summed E-state index contributed by atoms with van der Waals surface area (Å²) in [6, 6.07) is 0. The third kappa shape index (κ3) is 2.83. The van der Waals surface area contributed by atoms with E-state index in [2.05, 4.69) is 9.97 Å². The van der Waals surface area contributed by atoms with Crippen LogP contribution < -0.4 is 0 Å². The minimum absolute atomic E-state index is 0.247. The number of halogens is 3. The summed E-state index contributed by atoms with van der Waals surface area (Å²) in [4.78, 5) is 6.55. The van der Waals surface area contributed by atoms with Gasteiger partial charge in [-0.25, -0.2) is 4.98 Å². The summed E-state index contributed by atoms with van der Waals surface area (Å²) >= 11 is 16.3. The van der Waals surface area contributed by atoms with Gasteiger partial charge >= 0.3 is 0 Å². The van der Waals surface area contributed by atoms with Gasteiger partial charge in [-0.3, -0.25) is 0 Å². The molecule has 1 atom stereocenters. The first-order valence-corrected chi connectivity index (χ1v) is 4.35. The van der Waals surface area contributed by atoms with Gasteiger partial charge in [-0.2, -0.15) is 0 Å². The van der Waals surface area contributed by atoms with Crippen molar-refractivity contribution >= 4 is 34.8 Å². The number of aliphatic hydroxyl groups excluding tert-OH is 1. The van der Waals surface area contributed by atoms with Crippen molar-refractivity contribution in [3.8, 4) is 0 Å². The molecule has 3 nitrogen and oxygen atoms in total. The SMILES string of the molecule is OC(Cc1cnc[nH]1)C(Cl)(Cl)Cl. The molecule has 0 saturated carbocycles. The van der Waals surface area contributed by atoms with E-state index in [-0.39, 0.29) is 6.42 Å². The number of nitrogens with one attached hydrogen (secondary N) is 1. The van der Waals surface area contributed by atoms with Gasteiger partial charge in [-0.1, -0.05) is 34.8 Å². The van der Waals surface area contributed by atoms with Crippen molar-refractivity contribution in [1.82, 2.24) is 9.97 Å². The van der Waals surface area contributed by atoms with Crippen molar-refractivity contribution in [2.75, 3.05) is 0 Å². The molecule has 0 aromatic carbocycles. The second-order valence-electron chi connectivity index (χ2n) is 2.34. The molecule has 0 aliphatic carbocycles. The quantitative estimate of drug-likeness (QED) is 0.758. The topological polar surface area (TPSA) is 48.9 Å². The first-order valence-electron chi connectivity index (χ1n) is 3.22. The summed E-state index contributed by atoms with van der Waals surface area (Å²) in [6.45, 7) is 0. The highest BCUT2D eigenvalue weighted by Crippen LogP contribution is 2.31. The summed E-state index contributed by atoms with van der Waals surface area (Å²) in [5, 5.41) is 9.31. The molecule has 0 spiro atoms. The van der Waals surface area contributed by atoms with Gasteiger partial charge in [0.15, 0.2) is 0 Å². The Labute approximate surface area is 84.7 Å². The van der Waals surface area contributed by atoms with E-state index in [1.165, 1.54) is 6.33 Å². The molecular formula is C6H7Cl3N2O. The maximum atomic E-state index is 9.31. The fourth-order valence-electron chi connectivity index (χ4n) is 0.720. The van der Waals surface area contributed by atoms with E-state index in [0.717, 1.165) is 5.69 Å². The number of nitrogens with zero attached hydrogens (tertiary/aromatic N) is 1. The van der Waals surface area contributed by atoms with Crippen LogP contribution in [0, 0.1) is 0 Å². The number of aromatic amines is 1. The Hall–Kier alpha value is 0.0400. The van der Waals surface area contributed by atoms with E-state index in [1.54, 1.807) is 6.20 Å². The van der Waals surface area contributed by atoms with Gasteiger partial charge in [0.05, 0.1) is 6.33 Å². The van der Waals surface area contributed by atoms with Crippen LogP contribution in [0.2, 0.25) is 0 Å². The number of imidazole rings is 1. The molecule has 2 N–H and O–H groups in total. The van der Waals surface area contributed by atoms with Gasteiger partial charge in [0, 0.05) is 18.3 Å². The minimum atomic E-state index is -1.65. The molecule has 0 saturated heterocycles. The average molecular weight is 229 g/mol. The van der Waals surface area contributed by atoms with Crippen molar-refractivity contribution in [2.45, 2.75) is 16.3 Å². The standard InChI is InChI=1S/C6H7Cl3N2O/c7-6(8,9)5(12)1-4-2-10-3-11-4/h2-3,5,12H,1H2,(H,10,11). The molecule has 1 rings (SSSR count). The van der Waals surface area contributed by atoms with Crippen molar-refractivity contribution in [1.29, 1.82) is 0 Å². The zero-order chi connectivity index (χ0) is 9.19. The lowest BCUT2D eigenvalue weighted by molar-refractivity contribution is 0.178. The number of hydrogen-bond donors (Lipinski definition) is 2. The number of aromatic nitrogens is 2. The Kier molecular flexibility index (Phi) is 3.23. The summed E-state index contributed by atoms with van der Waals surface area (Å²) in [7, 11) is 0.